The minimum absolute atomic E-state index is 0. The third-order valence-corrected chi connectivity index (χ3v) is 8.25. The maximum atomic E-state index is 12.2. The fraction of sp³-hybridized carbons (Fsp3) is 0.607. The number of carbonyl (C=O) groups is 2. The lowest BCUT2D eigenvalue weighted by atomic mass is 9.87. The fourth-order valence-corrected chi connectivity index (χ4v) is 5.31. The predicted molar refractivity (Wildman–Crippen MR) is 149 cm³/mol. The van der Waals surface area contributed by atoms with E-state index >= 15 is 0 Å². The van der Waals surface area contributed by atoms with Crippen molar-refractivity contribution in [2.24, 2.45) is 11.3 Å². The van der Waals surface area contributed by atoms with E-state index in [-0.39, 0.29) is 26.3 Å². The molecular weight excluding hydrogens is 461 g/mol. The minimum Gasteiger partial charge on any atom is -0.469 e. The molecule has 0 radical (unpaired) electrons. The zero-order chi connectivity index (χ0) is 26.8. The summed E-state index contributed by atoms with van der Waals surface area (Å²) in [6, 6.07) is 6.78. The molecule has 1 N–H and O–H groups in total. The van der Waals surface area contributed by atoms with Gasteiger partial charge in [-0.15, -0.1) is 0 Å². The molecule has 7 heteroatoms. The number of esters is 1. The van der Waals surface area contributed by atoms with Crippen LogP contribution in [0.4, 0.5) is 0 Å². The number of allylic oxidation sites excluding steroid dienone is 1. The lowest BCUT2D eigenvalue weighted by molar-refractivity contribution is -0.141. The molecule has 0 bridgehead atoms. The molecule has 1 amide bonds. The van der Waals surface area contributed by atoms with Gasteiger partial charge in [-0.3, -0.25) is 9.59 Å². The van der Waals surface area contributed by atoms with Crippen LogP contribution in [0.3, 0.4) is 0 Å². The highest BCUT2D eigenvalue weighted by Crippen LogP contribution is 2.55. The largest absolute Gasteiger partial charge is 0.469 e. The van der Waals surface area contributed by atoms with Crippen molar-refractivity contribution in [1.82, 2.24) is 5.32 Å². The van der Waals surface area contributed by atoms with Crippen molar-refractivity contribution in [2.45, 2.75) is 73.8 Å². The topological polar surface area (TPSA) is 73.9 Å². The van der Waals surface area contributed by atoms with Gasteiger partial charge in [-0.1, -0.05) is 82.4 Å². The number of carbonyl (C=O) groups excluding carboxylic acids is 2. The smallest absolute Gasteiger partial charge is 0.307 e. The van der Waals surface area contributed by atoms with Gasteiger partial charge < -0.3 is 19.1 Å². The average Bonchev–Trinajstić information content (AvgIpc) is 2.78. The molecule has 1 unspecified atom stereocenters. The van der Waals surface area contributed by atoms with E-state index in [2.05, 4.69) is 68.8 Å². The monoisotopic (exact) mass is 509 g/mol. The van der Waals surface area contributed by atoms with E-state index in [0.29, 0.717) is 18.7 Å². The molecule has 0 spiro atoms. The molecule has 1 aromatic carbocycles. The number of amides is 1. The number of rotatable bonds is 9. The third kappa shape index (κ3) is 10.7. The van der Waals surface area contributed by atoms with Gasteiger partial charge in [0, 0.05) is 19.5 Å². The van der Waals surface area contributed by atoms with E-state index in [0.717, 1.165) is 12.8 Å². The molecule has 0 aliphatic carbocycles. The molecule has 1 aliphatic rings. The van der Waals surface area contributed by atoms with Gasteiger partial charge in [0.1, 0.15) is 13.4 Å². The second-order valence-electron chi connectivity index (χ2n) is 10.3. The number of nitrogens with one attached hydrogen (secondary N) is 1. The zero-order valence-corrected chi connectivity index (χ0v) is 23.9. The van der Waals surface area contributed by atoms with Gasteiger partial charge in [-0.05, 0) is 38.2 Å². The molecule has 0 saturated carbocycles. The molecule has 1 heterocycles. The summed E-state index contributed by atoms with van der Waals surface area (Å²) < 4.78 is 16.1. The van der Waals surface area contributed by atoms with Gasteiger partial charge in [0.25, 0.3) is 0 Å². The van der Waals surface area contributed by atoms with E-state index in [9.17, 15) is 9.59 Å². The van der Waals surface area contributed by atoms with Gasteiger partial charge in [0.05, 0.1) is 20.1 Å². The zero-order valence-electron chi connectivity index (χ0n) is 23.0. The van der Waals surface area contributed by atoms with Crippen LogP contribution in [0, 0.1) is 25.2 Å². The maximum Gasteiger partial charge on any atom is 0.307 e. The van der Waals surface area contributed by atoms with Crippen LogP contribution in [-0.2, 0) is 29.8 Å². The molecule has 6 nitrogen and oxygen atoms in total. The van der Waals surface area contributed by atoms with Crippen molar-refractivity contribution in [3.63, 3.8) is 0 Å². The van der Waals surface area contributed by atoms with E-state index in [1.807, 2.05) is 20.8 Å². The summed E-state index contributed by atoms with van der Waals surface area (Å²) >= 11 is 0. The summed E-state index contributed by atoms with van der Waals surface area (Å²) in [6.07, 6.45) is 6.41. The first-order valence-corrected chi connectivity index (χ1v) is 14.4. The second kappa shape index (κ2) is 14.0. The summed E-state index contributed by atoms with van der Waals surface area (Å²) in [4.78, 5) is 23.3. The maximum absolute atomic E-state index is 12.2. The summed E-state index contributed by atoms with van der Waals surface area (Å²) in [6.45, 7) is 19.3. The Morgan fingerprint density at radius 1 is 1.23 bits per heavy atom. The first-order valence-electron chi connectivity index (χ1n) is 12.4. The number of benzene rings is 1. The highest BCUT2D eigenvalue weighted by Gasteiger charge is 2.44. The molecule has 2 rings (SSSR count). The van der Waals surface area contributed by atoms with Crippen molar-refractivity contribution in [2.75, 3.05) is 26.4 Å². The number of ether oxygens (including phenoxy) is 1. The van der Waals surface area contributed by atoms with Crippen molar-refractivity contribution in [3.8, 4) is 0 Å². The standard InChI is InChI=1S/C15H22.C13H24NO5P.H2/c1-11(2)14(5)6-7-15-9-12(3)8-13(4)10-15;1-6-20(5)18-9-13(2,3)11(19-20)12(16)14-8-7-10(15)17-4;/h8-11H,5-7H2,1-4H3;11H,5-9H2,1-4H3,(H,14,16);1H/t;11-,20?;/m.0./s1. The van der Waals surface area contributed by atoms with Crippen molar-refractivity contribution >= 4 is 25.5 Å². The lowest BCUT2D eigenvalue weighted by Gasteiger charge is -2.43. The normalized spacial score (nSPS) is 21.0. The van der Waals surface area contributed by atoms with Crippen LogP contribution < -0.4 is 5.32 Å². The Balaban J connectivity index is 0.000000687. The third-order valence-electron chi connectivity index (χ3n) is 6.09. The van der Waals surface area contributed by atoms with Crippen molar-refractivity contribution in [1.29, 1.82) is 0 Å². The summed E-state index contributed by atoms with van der Waals surface area (Å²) in [5.41, 5.74) is 5.09. The van der Waals surface area contributed by atoms with E-state index in [4.69, 9.17) is 9.05 Å². The Labute approximate surface area is 214 Å². The molecule has 1 aliphatic heterocycles. The first kappa shape index (κ1) is 31.2. The Hall–Kier alpha value is -1.88. The average molecular weight is 510 g/mol. The van der Waals surface area contributed by atoms with Crippen molar-refractivity contribution in [3.05, 3.63) is 47.0 Å². The van der Waals surface area contributed by atoms with Gasteiger partial charge in [0.15, 0.2) is 0 Å². The molecule has 1 aromatic rings. The van der Waals surface area contributed by atoms with Gasteiger partial charge >= 0.3 is 5.97 Å². The molecule has 35 heavy (non-hydrogen) atoms. The highest BCUT2D eigenvalue weighted by molar-refractivity contribution is 7.64. The van der Waals surface area contributed by atoms with Gasteiger partial charge in [0.2, 0.25) is 5.91 Å². The summed E-state index contributed by atoms with van der Waals surface area (Å²) in [7, 11) is -0.877. The predicted octanol–water partition coefficient (Wildman–Crippen LogP) is 6.10. The number of aryl methyl sites for hydroxylation is 3. The molecule has 0 aromatic heterocycles. The van der Waals surface area contributed by atoms with Crippen LogP contribution in [0.15, 0.2) is 30.4 Å². The number of hydrogen-bond donors (Lipinski definition) is 1. The molecule has 200 valence electrons. The van der Waals surface area contributed by atoms with Crippen LogP contribution in [0.2, 0.25) is 0 Å². The van der Waals surface area contributed by atoms with Crippen LogP contribution in [0.1, 0.15) is 65.6 Å². The first-order chi connectivity index (χ1) is 16.2. The molecule has 2 atom stereocenters. The van der Waals surface area contributed by atoms with Crippen LogP contribution in [-0.4, -0.2) is 50.7 Å². The lowest BCUT2D eigenvalue weighted by Crippen LogP contribution is -2.50. The summed E-state index contributed by atoms with van der Waals surface area (Å²) in [5, 5.41) is 2.70. The van der Waals surface area contributed by atoms with E-state index in [1.165, 1.54) is 29.4 Å². The Morgan fingerprint density at radius 3 is 2.34 bits per heavy atom. The molecule has 1 saturated heterocycles. The van der Waals surface area contributed by atoms with Gasteiger partial charge in [-0.2, -0.15) is 0 Å². The molecular formula is C28H48NO5P. The second-order valence-corrected chi connectivity index (χ2v) is 13.0. The highest BCUT2D eigenvalue weighted by atomic mass is 31.2. The van der Waals surface area contributed by atoms with Crippen LogP contribution in [0.25, 0.3) is 0 Å². The number of methoxy groups -OCH3 is 1. The van der Waals surface area contributed by atoms with E-state index in [1.54, 1.807) is 0 Å². The SMILES string of the molecule is C=C(CCc1cc(C)cc(C)c1)C(C)C.C=P1(CC)OCC(C)(C)[C@H](C(=O)NCCC(=O)OC)O1.[HH]. The Morgan fingerprint density at radius 2 is 1.83 bits per heavy atom. The van der Waals surface area contributed by atoms with Crippen molar-refractivity contribution < 1.29 is 24.8 Å². The van der Waals surface area contributed by atoms with E-state index < -0.39 is 18.9 Å². The summed E-state index contributed by atoms with van der Waals surface area (Å²) in [5.74, 6) is 0.0182. The fourth-order valence-electron chi connectivity index (χ4n) is 3.58. The minimum atomic E-state index is -2.19. The van der Waals surface area contributed by atoms with Gasteiger partial charge in [-0.25, -0.2) is 0 Å². The Bertz CT molecular complexity index is 908. The van der Waals surface area contributed by atoms with Crippen LogP contribution >= 0.6 is 7.34 Å². The molecule has 1 fully saturated rings. The number of hydrogen-bond acceptors (Lipinski definition) is 5. The van der Waals surface area contributed by atoms with Crippen LogP contribution in [0.5, 0.6) is 0 Å². The Kier molecular flexibility index (Phi) is 12.5. The quantitative estimate of drug-likeness (QED) is 0.247.